The zero-order chi connectivity index (χ0) is 11.1. The molecule has 0 bridgehead atoms. The molecule has 0 aromatic heterocycles. The van der Waals surface area contributed by atoms with Crippen molar-refractivity contribution >= 4 is 11.7 Å². The van der Waals surface area contributed by atoms with E-state index < -0.39 is 11.8 Å². The Labute approximate surface area is 86.4 Å². The molecule has 1 aromatic rings. The lowest BCUT2D eigenvalue weighted by atomic mass is 10.2. The SMILES string of the molecule is CC1(CC(=O)O)Oc2ccc(N)cc2O1. The average Bonchev–Trinajstić information content (AvgIpc) is 2.38. The highest BCUT2D eigenvalue weighted by Gasteiger charge is 2.38. The topological polar surface area (TPSA) is 81.8 Å². The smallest absolute Gasteiger partial charge is 0.311 e. The Morgan fingerprint density at radius 3 is 2.80 bits per heavy atom. The maximum Gasteiger partial charge on any atom is 0.311 e. The van der Waals surface area contributed by atoms with Crippen LogP contribution in [0.4, 0.5) is 5.69 Å². The molecular formula is C10H11NO4. The first-order chi connectivity index (χ1) is 6.98. The third-order valence-electron chi connectivity index (χ3n) is 2.09. The van der Waals surface area contributed by atoms with Crippen molar-refractivity contribution in [2.45, 2.75) is 19.1 Å². The molecule has 0 aliphatic carbocycles. The van der Waals surface area contributed by atoms with E-state index in [4.69, 9.17) is 20.3 Å². The second-order valence-corrected chi connectivity index (χ2v) is 3.61. The molecular weight excluding hydrogens is 198 g/mol. The number of carboxylic acids is 1. The van der Waals surface area contributed by atoms with Crippen LogP contribution in [0.15, 0.2) is 18.2 Å². The fraction of sp³-hybridized carbons (Fsp3) is 0.300. The Kier molecular flexibility index (Phi) is 1.96. The van der Waals surface area contributed by atoms with E-state index in [1.807, 2.05) is 0 Å². The van der Waals surface area contributed by atoms with Gasteiger partial charge in [0.2, 0.25) is 0 Å². The molecule has 2 rings (SSSR count). The number of nitrogens with two attached hydrogens (primary N) is 1. The molecule has 1 aromatic carbocycles. The van der Waals surface area contributed by atoms with Gasteiger partial charge in [0.1, 0.15) is 6.42 Å². The Balaban J connectivity index is 2.24. The molecule has 1 aliphatic rings. The van der Waals surface area contributed by atoms with E-state index >= 15 is 0 Å². The summed E-state index contributed by atoms with van der Waals surface area (Å²) in [6.07, 6.45) is -0.221. The fourth-order valence-electron chi connectivity index (χ4n) is 1.52. The molecule has 1 aliphatic heterocycles. The molecule has 0 fully saturated rings. The molecule has 15 heavy (non-hydrogen) atoms. The predicted molar refractivity (Wildman–Crippen MR) is 52.8 cm³/mol. The third kappa shape index (κ3) is 1.81. The summed E-state index contributed by atoms with van der Waals surface area (Å²) in [5, 5.41) is 8.69. The number of hydrogen-bond donors (Lipinski definition) is 2. The van der Waals surface area contributed by atoms with Crippen LogP contribution in [0.25, 0.3) is 0 Å². The maximum absolute atomic E-state index is 10.6. The average molecular weight is 209 g/mol. The number of carbonyl (C=O) groups is 1. The Morgan fingerprint density at radius 2 is 2.13 bits per heavy atom. The van der Waals surface area contributed by atoms with E-state index in [0.29, 0.717) is 17.2 Å². The summed E-state index contributed by atoms with van der Waals surface area (Å²) in [5.41, 5.74) is 6.12. The van der Waals surface area contributed by atoms with Crippen LogP contribution in [0.5, 0.6) is 11.5 Å². The molecule has 0 radical (unpaired) electrons. The number of rotatable bonds is 2. The van der Waals surface area contributed by atoms with E-state index in [1.165, 1.54) is 0 Å². The Morgan fingerprint density at radius 1 is 1.47 bits per heavy atom. The molecule has 3 N–H and O–H groups in total. The molecule has 0 saturated carbocycles. The quantitative estimate of drug-likeness (QED) is 0.716. The van der Waals surface area contributed by atoms with Crippen molar-refractivity contribution in [1.29, 1.82) is 0 Å². The number of nitrogen functional groups attached to an aromatic ring is 1. The Hall–Kier alpha value is -1.91. The van der Waals surface area contributed by atoms with Crippen molar-refractivity contribution in [2.75, 3.05) is 5.73 Å². The Bertz CT molecular complexity index is 418. The van der Waals surface area contributed by atoms with E-state index in [1.54, 1.807) is 25.1 Å². The standard InChI is InChI=1S/C10H11NO4/c1-10(5-9(12)13)14-7-3-2-6(11)4-8(7)15-10/h2-4H,5,11H2,1H3,(H,12,13). The van der Waals surface area contributed by atoms with Gasteiger partial charge in [0.05, 0.1) is 0 Å². The number of hydrogen-bond acceptors (Lipinski definition) is 4. The van der Waals surface area contributed by atoms with Gasteiger partial charge in [0.15, 0.2) is 11.5 Å². The number of carboxylic acid groups (broad SMARTS) is 1. The van der Waals surface area contributed by atoms with Gasteiger partial charge in [0.25, 0.3) is 5.79 Å². The van der Waals surface area contributed by atoms with E-state index in [9.17, 15) is 4.79 Å². The molecule has 0 saturated heterocycles. The molecule has 1 atom stereocenters. The molecule has 80 valence electrons. The van der Waals surface area contributed by atoms with Crippen molar-refractivity contribution in [3.63, 3.8) is 0 Å². The second-order valence-electron chi connectivity index (χ2n) is 3.61. The van der Waals surface area contributed by atoms with Gasteiger partial charge >= 0.3 is 5.97 Å². The summed E-state index contributed by atoms with van der Waals surface area (Å²) in [7, 11) is 0. The van der Waals surface area contributed by atoms with Crippen molar-refractivity contribution in [2.24, 2.45) is 0 Å². The number of aliphatic carboxylic acids is 1. The van der Waals surface area contributed by atoms with Gasteiger partial charge in [-0.1, -0.05) is 0 Å². The number of anilines is 1. The van der Waals surface area contributed by atoms with E-state index in [-0.39, 0.29) is 6.42 Å². The normalized spacial score (nSPS) is 22.7. The molecule has 5 nitrogen and oxygen atoms in total. The first-order valence-electron chi connectivity index (χ1n) is 4.48. The monoisotopic (exact) mass is 209 g/mol. The first kappa shape index (κ1) is 9.64. The number of benzene rings is 1. The van der Waals surface area contributed by atoms with Gasteiger partial charge in [0, 0.05) is 18.7 Å². The van der Waals surface area contributed by atoms with E-state index in [2.05, 4.69) is 0 Å². The van der Waals surface area contributed by atoms with Crippen LogP contribution in [-0.4, -0.2) is 16.9 Å². The summed E-state index contributed by atoms with van der Waals surface area (Å²) < 4.78 is 10.8. The van der Waals surface area contributed by atoms with Crippen molar-refractivity contribution in [3.8, 4) is 11.5 Å². The van der Waals surface area contributed by atoms with Gasteiger partial charge in [-0.15, -0.1) is 0 Å². The lowest BCUT2D eigenvalue weighted by Crippen LogP contribution is -2.37. The van der Waals surface area contributed by atoms with Crippen molar-refractivity contribution in [3.05, 3.63) is 18.2 Å². The third-order valence-corrected chi connectivity index (χ3v) is 2.09. The second kappa shape index (κ2) is 3.05. The lowest BCUT2D eigenvalue weighted by molar-refractivity contribution is -0.149. The summed E-state index contributed by atoms with van der Waals surface area (Å²) >= 11 is 0. The van der Waals surface area contributed by atoms with Crippen LogP contribution in [0, 0.1) is 0 Å². The maximum atomic E-state index is 10.6. The molecule has 1 unspecified atom stereocenters. The van der Waals surface area contributed by atoms with Gasteiger partial charge in [-0.25, -0.2) is 0 Å². The zero-order valence-corrected chi connectivity index (χ0v) is 8.19. The number of fused-ring (bicyclic) bond motifs is 1. The summed E-state index contributed by atoms with van der Waals surface area (Å²) in [5.74, 6) is -1.10. The minimum Gasteiger partial charge on any atom is -0.481 e. The van der Waals surface area contributed by atoms with Gasteiger partial charge < -0.3 is 20.3 Å². The largest absolute Gasteiger partial charge is 0.481 e. The number of ether oxygens (including phenoxy) is 2. The van der Waals surface area contributed by atoms with Crippen molar-refractivity contribution < 1.29 is 19.4 Å². The molecule has 0 amide bonds. The molecule has 0 spiro atoms. The van der Waals surface area contributed by atoms with Crippen molar-refractivity contribution in [1.82, 2.24) is 0 Å². The highest BCUT2D eigenvalue weighted by Crippen LogP contribution is 2.41. The highest BCUT2D eigenvalue weighted by atomic mass is 16.7. The van der Waals surface area contributed by atoms with Crippen LogP contribution >= 0.6 is 0 Å². The summed E-state index contributed by atoms with van der Waals surface area (Å²) in [6, 6.07) is 4.95. The fourth-order valence-corrected chi connectivity index (χ4v) is 1.52. The lowest BCUT2D eigenvalue weighted by Gasteiger charge is -2.20. The van der Waals surface area contributed by atoms with Gasteiger partial charge in [-0.05, 0) is 12.1 Å². The predicted octanol–water partition coefficient (Wildman–Crippen LogP) is 1.23. The van der Waals surface area contributed by atoms with Gasteiger partial charge in [-0.2, -0.15) is 0 Å². The van der Waals surface area contributed by atoms with Crippen LogP contribution in [0.3, 0.4) is 0 Å². The summed E-state index contributed by atoms with van der Waals surface area (Å²) in [6.45, 7) is 1.58. The van der Waals surface area contributed by atoms with E-state index in [0.717, 1.165) is 0 Å². The van der Waals surface area contributed by atoms with Crippen LogP contribution in [0.1, 0.15) is 13.3 Å². The van der Waals surface area contributed by atoms with Crippen LogP contribution in [-0.2, 0) is 4.79 Å². The van der Waals surface area contributed by atoms with Gasteiger partial charge in [-0.3, -0.25) is 4.79 Å². The minimum absolute atomic E-state index is 0.221. The summed E-state index contributed by atoms with van der Waals surface area (Å²) in [4.78, 5) is 10.6. The molecule has 1 heterocycles. The highest BCUT2D eigenvalue weighted by molar-refractivity contribution is 5.68. The van der Waals surface area contributed by atoms with Crippen LogP contribution in [0.2, 0.25) is 0 Å². The zero-order valence-electron chi connectivity index (χ0n) is 8.19. The van der Waals surface area contributed by atoms with Crippen LogP contribution < -0.4 is 15.2 Å². The minimum atomic E-state index is -1.14. The first-order valence-corrected chi connectivity index (χ1v) is 4.48. The molecule has 5 heteroatoms.